The normalized spacial score (nSPS) is 16.0. The highest BCUT2D eigenvalue weighted by Crippen LogP contribution is 2.38. The highest BCUT2D eigenvalue weighted by atomic mass is 35.5. The molecule has 6 nitrogen and oxygen atoms in total. The number of hydrogen-bond acceptors (Lipinski definition) is 4. The molecular formula is C27H24ClN3O3S. The van der Waals surface area contributed by atoms with Gasteiger partial charge in [0.25, 0.3) is 5.56 Å². The number of aromatic amines is 1. The molecule has 0 radical (unpaired) electrons. The number of rotatable bonds is 5. The van der Waals surface area contributed by atoms with Crippen LogP contribution in [-0.4, -0.2) is 29.8 Å². The van der Waals surface area contributed by atoms with Crippen molar-refractivity contribution in [2.45, 2.75) is 25.8 Å². The Kier molecular flexibility index (Phi) is 5.99. The third-order valence-electron chi connectivity index (χ3n) is 6.31. The fourth-order valence-corrected chi connectivity index (χ4v) is 5.69. The Balaban J connectivity index is 1.74. The van der Waals surface area contributed by atoms with Crippen molar-refractivity contribution in [3.05, 3.63) is 105 Å². The van der Waals surface area contributed by atoms with Crippen LogP contribution in [0.3, 0.4) is 0 Å². The summed E-state index contributed by atoms with van der Waals surface area (Å²) < 4.78 is 26.6. The maximum Gasteiger partial charge on any atom is 0.258 e. The van der Waals surface area contributed by atoms with E-state index in [1.807, 2.05) is 60.7 Å². The fraction of sp³-hybridized carbons (Fsp3) is 0.185. The molecule has 1 atom stereocenters. The Bertz CT molecular complexity index is 1610. The van der Waals surface area contributed by atoms with Crippen LogP contribution >= 0.6 is 11.6 Å². The molecule has 0 saturated heterocycles. The zero-order valence-corrected chi connectivity index (χ0v) is 20.9. The molecular weight excluding hydrogens is 482 g/mol. The molecule has 0 saturated carbocycles. The van der Waals surface area contributed by atoms with Crippen LogP contribution in [0.5, 0.6) is 0 Å². The zero-order valence-electron chi connectivity index (χ0n) is 19.3. The average molecular weight is 506 g/mol. The van der Waals surface area contributed by atoms with Crippen LogP contribution in [0.2, 0.25) is 5.02 Å². The van der Waals surface area contributed by atoms with Crippen molar-refractivity contribution in [1.29, 1.82) is 0 Å². The number of H-pyrrole nitrogens is 1. The second-order valence-corrected chi connectivity index (χ2v) is 10.9. The molecule has 3 aromatic carbocycles. The van der Waals surface area contributed by atoms with E-state index in [0.29, 0.717) is 27.4 Å². The predicted molar refractivity (Wildman–Crippen MR) is 141 cm³/mol. The minimum Gasteiger partial charge on any atom is -0.321 e. The molecule has 0 spiro atoms. The summed E-state index contributed by atoms with van der Waals surface area (Å²) in [5.74, 6) is 0. The fourth-order valence-electron chi connectivity index (χ4n) is 4.61. The molecule has 35 heavy (non-hydrogen) atoms. The minimum absolute atomic E-state index is 0.271. The summed E-state index contributed by atoms with van der Waals surface area (Å²) in [5.41, 5.74) is 4.58. The van der Waals surface area contributed by atoms with E-state index in [1.165, 1.54) is 0 Å². The summed E-state index contributed by atoms with van der Waals surface area (Å²) in [6, 6.07) is 22.2. The minimum atomic E-state index is -3.68. The van der Waals surface area contributed by atoms with E-state index in [-0.39, 0.29) is 12.0 Å². The first-order valence-electron chi connectivity index (χ1n) is 11.3. The van der Waals surface area contributed by atoms with Crippen LogP contribution in [0, 0.1) is 0 Å². The largest absolute Gasteiger partial charge is 0.321 e. The number of aromatic nitrogens is 1. The molecule has 1 aliphatic rings. The molecule has 5 rings (SSSR count). The highest BCUT2D eigenvalue weighted by Gasteiger charge is 2.36. The molecule has 0 bridgehead atoms. The summed E-state index contributed by atoms with van der Waals surface area (Å²) in [7, 11) is -3.68. The van der Waals surface area contributed by atoms with E-state index in [2.05, 4.69) is 17.0 Å². The van der Waals surface area contributed by atoms with Crippen molar-refractivity contribution in [2.24, 2.45) is 5.10 Å². The van der Waals surface area contributed by atoms with E-state index in [4.69, 9.17) is 11.6 Å². The second kappa shape index (κ2) is 8.98. The van der Waals surface area contributed by atoms with Crippen LogP contribution in [0.15, 0.2) is 82.7 Å². The summed E-state index contributed by atoms with van der Waals surface area (Å²) in [6.07, 6.45) is 2.29. The topological polar surface area (TPSA) is 82.6 Å². The van der Waals surface area contributed by atoms with Crippen LogP contribution in [0.25, 0.3) is 22.0 Å². The third-order valence-corrected chi connectivity index (χ3v) is 7.56. The van der Waals surface area contributed by atoms with Crippen molar-refractivity contribution in [3.8, 4) is 11.1 Å². The lowest BCUT2D eigenvalue weighted by molar-refractivity contribution is 0.375. The number of aryl methyl sites for hydroxylation is 1. The molecule has 0 aliphatic carbocycles. The standard InChI is InChI=1S/C27H24ClN3O3S/c1-3-17-9-11-18(12-10-17)24-16-23(30-31(24)35(2,33)34)26-25(19-7-5-4-6-8-19)21-15-20(28)13-14-22(21)29-27(26)32/h4-15,24H,3,16H2,1-2H3,(H,29,32)/t24-/m1/s1. The monoisotopic (exact) mass is 505 g/mol. The molecule has 2 heterocycles. The Morgan fingerprint density at radius 1 is 1.03 bits per heavy atom. The van der Waals surface area contributed by atoms with E-state index in [1.54, 1.807) is 12.1 Å². The van der Waals surface area contributed by atoms with Crippen molar-refractivity contribution in [2.75, 3.05) is 6.26 Å². The summed E-state index contributed by atoms with van der Waals surface area (Å²) in [6.45, 7) is 2.07. The van der Waals surface area contributed by atoms with Gasteiger partial charge in [0.05, 0.1) is 23.6 Å². The Morgan fingerprint density at radius 3 is 2.40 bits per heavy atom. The quantitative estimate of drug-likeness (QED) is 0.387. The Morgan fingerprint density at radius 2 is 1.74 bits per heavy atom. The molecule has 8 heteroatoms. The van der Waals surface area contributed by atoms with Crippen LogP contribution in [0.1, 0.15) is 36.1 Å². The van der Waals surface area contributed by atoms with Gasteiger partial charge in [-0.1, -0.05) is 73.1 Å². The lowest BCUT2D eigenvalue weighted by Gasteiger charge is -2.21. The number of benzene rings is 3. The van der Waals surface area contributed by atoms with Gasteiger partial charge >= 0.3 is 0 Å². The molecule has 1 N–H and O–H groups in total. The SMILES string of the molecule is CCc1ccc([C@H]2CC(c3c(-c4ccccc4)c4cc(Cl)ccc4[nH]c3=O)=NN2S(C)(=O)=O)cc1. The van der Waals surface area contributed by atoms with Gasteiger partial charge in [0.2, 0.25) is 10.0 Å². The number of nitrogens with one attached hydrogen (secondary N) is 1. The lowest BCUT2D eigenvalue weighted by atomic mass is 9.91. The number of sulfonamides is 1. The Hall–Kier alpha value is -3.42. The maximum absolute atomic E-state index is 13.4. The predicted octanol–water partition coefficient (Wildman–Crippen LogP) is 5.52. The summed E-state index contributed by atoms with van der Waals surface area (Å²) in [5, 5.41) is 5.82. The second-order valence-electron chi connectivity index (χ2n) is 8.66. The van der Waals surface area contributed by atoms with Crippen molar-refractivity contribution in [1.82, 2.24) is 9.40 Å². The average Bonchev–Trinajstić information content (AvgIpc) is 3.30. The molecule has 4 aromatic rings. The van der Waals surface area contributed by atoms with E-state index >= 15 is 0 Å². The molecule has 1 aromatic heterocycles. The van der Waals surface area contributed by atoms with Crippen molar-refractivity contribution in [3.63, 3.8) is 0 Å². The van der Waals surface area contributed by atoms with Gasteiger partial charge in [-0.3, -0.25) is 4.79 Å². The molecule has 0 amide bonds. The summed E-state index contributed by atoms with van der Waals surface area (Å²) in [4.78, 5) is 16.4. The van der Waals surface area contributed by atoms with Gasteiger partial charge in [-0.15, -0.1) is 0 Å². The van der Waals surface area contributed by atoms with Gasteiger partial charge < -0.3 is 4.98 Å². The van der Waals surface area contributed by atoms with E-state index < -0.39 is 16.1 Å². The van der Waals surface area contributed by atoms with Crippen molar-refractivity contribution >= 4 is 38.2 Å². The number of pyridine rings is 1. The first-order valence-corrected chi connectivity index (χ1v) is 13.6. The third kappa shape index (κ3) is 4.37. The lowest BCUT2D eigenvalue weighted by Crippen LogP contribution is -2.25. The van der Waals surface area contributed by atoms with Gasteiger partial charge in [-0.25, -0.2) is 8.42 Å². The molecule has 1 aliphatic heterocycles. The van der Waals surface area contributed by atoms with Gasteiger partial charge in [0.1, 0.15) is 0 Å². The first kappa shape index (κ1) is 23.3. The zero-order chi connectivity index (χ0) is 24.7. The summed E-state index contributed by atoms with van der Waals surface area (Å²) >= 11 is 6.33. The number of nitrogens with zero attached hydrogens (tertiary/aromatic N) is 2. The number of hydrogen-bond donors (Lipinski definition) is 1. The molecule has 0 fully saturated rings. The Labute approximate surface area is 208 Å². The van der Waals surface area contributed by atoms with Crippen LogP contribution in [-0.2, 0) is 16.4 Å². The van der Waals surface area contributed by atoms with Gasteiger partial charge in [-0.2, -0.15) is 9.52 Å². The molecule has 0 unspecified atom stereocenters. The van der Waals surface area contributed by atoms with Crippen LogP contribution in [0.4, 0.5) is 0 Å². The van der Waals surface area contributed by atoms with E-state index in [9.17, 15) is 13.2 Å². The van der Waals surface area contributed by atoms with Crippen molar-refractivity contribution < 1.29 is 8.42 Å². The smallest absolute Gasteiger partial charge is 0.258 e. The number of fused-ring (bicyclic) bond motifs is 1. The van der Waals surface area contributed by atoms with Crippen LogP contribution < -0.4 is 5.56 Å². The number of hydrazone groups is 1. The highest BCUT2D eigenvalue weighted by molar-refractivity contribution is 7.88. The first-order chi connectivity index (χ1) is 16.8. The van der Waals surface area contributed by atoms with E-state index in [0.717, 1.165) is 39.2 Å². The maximum atomic E-state index is 13.4. The van der Waals surface area contributed by atoms with Gasteiger partial charge in [0.15, 0.2) is 0 Å². The van der Waals surface area contributed by atoms with Gasteiger partial charge in [-0.05, 0) is 41.3 Å². The number of halogens is 1. The van der Waals surface area contributed by atoms with Gasteiger partial charge in [0, 0.05) is 27.9 Å². The molecule has 178 valence electrons.